The van der Waals surface area contributed by atoms with Crippen LogP contribution in [-0.4, -0.2) is 70.1 Å². The highest BCUT2D eigenvalue weighted by molar-refractivity contribution is 9.09. The smallest absolute Gasteiger partial charge is 0.312 e. The molecule has 0 saturated carbocycles. The molecule has 34 heavy (non-hydrogen) atoms. The normalized spacial score (nSPS) is 31.6. The zero-order valence-corrected chi connectivity index (χ0v) is 21.0. The maximum absolute atomic E-state index is 13.7. The quantitative estimate of drug-likeness (QED) is 0.255. The fourth-order valence-electron chi connectivity index (χ4n) is 5.81. The van der Waals surface area contributed by atoms with Gasteiger partial charge in [0.05, 0.1) is 24.5 Å². The predicted molar refractivity (Wildman–Crippen MR) is 128 cm³/mol. The number of unbranched alkanes of at least 4 members (excludes halogenated alkanes) is 3. The Balaban J connectivity index is 1.59. The van der Waals surface area contributed by atoms with E-state index in [0.717, 1.165) is 18.4 Å². The molecule has 3 fully saturated rings. The Labute approximate surface area is 208 Å². The van der Waals surface area contributed by atoms with Crippen molar-refractivity contribution in [1.29, 1.82) is 0 Å². The minimum atomic E-state index is -1.06. The Morgan fingerprint density at radius 1 is 1.24 bits per heavy atom. The zero-order valence-electron chi connectivity index (χ0n) is 19.5. The van der Waals surface area contributed by atoms with Gasteiger partial charge in [-0.15, -0.1) is 0 Å². The van der Waals surface area contributed by atoms with E-state index in [1.807, 2.05) is 30.3 Å². The number of rotatable bonds is 11. The second-order valence-electron chi connectivity index (χ2n) is 9.29. The van der Waals surface area contributed by atoms with Crippen molar-refractivity contribution in [3.8, 4) is 0 Å². The first-order valence-electron chi connectivity index (χ1n) is 12.2. The van der Waals surface area contributed by atoms with Gasteiger partial charge in [-0.25, -0.2) is 0 Å². The van der Waals surface area contributed by atoms with E-state index in [-0.39, 0.29) is 29.9 Å². The van der Waals surface area contributed by atoms with Crippen LogP contribution in [-0.2, 0) is 30.4 Å². The van der Waals surface area contributed by atoms with Crippen molar-refractivity contribution in [1.82, 2.24) is 10.2 Å². The summed E-state index contributed by atoms with van der Waals surface area (Å²) in [5.41, 5.74) is -0.0941. The number of likely N-dealkylation sites (tertiary alicyclic amines) is 1. The molecule has 6 atom stereocenters. The van der Waals surface area contributed by atoms with E-state index >= 15 is 0 Å². The molecule has 3 aliphatic heterocycles. The summed E-state index contributed by atoms with van der Waals surface area (Å²) in [6, 6.07) is 8.80. The highest BCUT2D eigenvalue weighted by atomic mass is 79.9. The third-order valence-electron chi connectivity index (χ3n) is 7.21. The Morgan fingerprint density at radius 2 is 1.97 bits per heavy atom. The van der Waals surface area contributed by atoms with Crippen LogP contribution >= 0.6 is 15.9 Å². The molecule has 0 aliphatic carbocycles. The molecular formula is C25H33BrN2O6. The summed E-state index contributed by atoms with van der Waals surface area (Å²) in [7, 11) is 0. The van der Waals surface area contributed by atoms with Crippen LogP contribution in [0.1, 0.15) is 44.6 Å². The van der Waals surface area contributed by atoms with Gasteiger partial charge in [0, 0.05) is 24.5 Å². The molecule has 0 aromatic heterocycles. The number of nitrogens with one attached hydrogen (secondary N) is 1. The van der Waals surface area contributed by atoms with E-state index < -0.39 is 35.6 Å². The van der Waals surface area contributed by atoms with Crippen LogP contribution in [0, 0.1) is 11.8 Å². The van der Waals surface area contributed by atoms with Crippen LogP contribution < -0.4 is 5.32 Å². The molecule has 1 spiro atoms. The molecule has 1 aromatic carbocycles. The molecule has 4 rings (SSSR count). The van der Waals surface area contributed by atoms with E-state index in [1.165, 1.54) is 0 Å². The summed E-state index contributed by atoms with van der Waals surface area (Å²) in [6.45, 7) is 2.85. The second kappa shape index (κ2) is 10.7. The highest BCUT2D eigenvalue weighted by Gasteiger charge is 2.76. The Kier molecular flexibility index (Phi) is 7.94. The SMILES string of the molecule is CCOC(=O)[C@H]1[C@@H]2O[C@@]3(CC2Br)[C@@H]1C(=O)N(CCCCCCO)[C@@H]3C(=O)NCc1ccccc1. The number of fused-ring (bicyclic) bond motifs is 1. The van der Waals surface area contributed by atoms with Gasteiger partial charge < -0.3 is 24.8 Å². The van der Waals surface area contributed by atoms with Crippen molar-refractivity contribution >= 4 is 33.7 Å². The highest BCUT2D eigenvalue weighted by Crippen LogP contribution is 2.60. The Morgan fingerprint density at radius 3 is 2.68 bits per heavy atom. The predicted octanol–water partition coefficient (Wildman–Crippen LogP) is 2.17. The fourth-order valence-corrected chi connectivity index (χ4v) is 6.75. The van der Waals surface area contributed by atoms with Gasteiger partial charge in [0.2, 0.25) is 11.8 Å². The number of aliphatic hydroxyl groups excluding tert-OH is 1. The molecule has 3 heterocycles. The molecular weight excluding hydrogens is 504 g/mol. The largest absolute Gasteiger partial charge is 0.466 e. The van der Waals surface area contributed by atoms with Gasteiger partial charge >= 0.3 is 5.97 Å². The number of ether oxygens (including phenoxy) is 2. The zero-order chi connectivity index (χ0) is 24.3. The fraction of sp³-hybridized carbons (Fsp3) is 0.640. The number of aliphatic hydroxyl groups is 1. The molecule has 1 unspecified atom stereocenters. The molecule has 3 aliphatic rings. The second-order valence-corrected chi connectivity index (χ2v) is 10.5. The van der Waals surface area contributed by atoms with Crippen molar-refractivity contribution in [2.24, 2.45) is 11.8 Å². The van der Waals surface area contributed by atoms with Crippen molar-refractivity contribution in [3.05, 3.63) is 35.9 Å². The van der Waals surface area contributed by atoms with Crippen molar-refractivity contribution in [2.75, 3.05) is 19.8 Å². The van der Waals surface area contributed by atoms with Gasteiger partial charge in [0.1, 0.15) is 11.6 Å². The number of hydrogen-bond donors (Lipinski definition) is 2. The topological polar surface area (TPSA) is 105 Å². The van der Waals surface area contributed by atoms with E-state index in [0.29, 0.717) is 32.4 Å². The summed E-state index contributed by atoms with van der Waals surface area (Å²) in [6.07, 6.45) is 3.10. The molecule has 2 N–H and O–H groups in total. The number of benzene rings is 1. The average Bonchev–Trinajstić information content (AvgIpc) is 3.42. The van der Waals surface area contributed by atoms with Crippen LogP contribution in [0.15, 0.2) is 30.3 Å². The van der Waals surface area contributed by atoms with Crippen molar-refractivity contribution in [3.63, 3.8) is 0 Å². The number of carbonyl (C=O) groups excluding carboxylic acids is 3. The van der Waals surface area contributed by atoms with Crippen LogP contribution in [0.2, 0.25) is 0 Å². The number of nitrogens with zero attached hydrogens (tertiary/aromatic N) is 1. The van der Waals surface area contributed by atoms with Crippen molar-refractivity contribution in [2.45, 2.75) is 68.1 Å². The molecule has 186 valence electrons. The third kappa shape index (κ3) is 4.50. The lowest BCUT2D eigenvalue weighted by Crippen LogP contribution is -2.55. The summed E-state index contributed by atoms with van der Waals surface area (Å²) in [5.74, 6) is -2.36. The lowest BCUT2D eigenvalue weighted by atomic mass is 9.70. The minimum absolute atomic E-state index is 0.139. The standard InChI is InChI=1S/C25H33BrN2O6/c1-2-33-24(32)18-19-23(31)28(12-8-3-4-9-13-29)21(25(19)14-17(26)20(18)34-25)22(30)27-15-16-10-6-5-7-11-16/h5-7,10-11,17-21,29H,2-4,8-9,12-15H2,1H3,(H,27,30)/t17?,18-,19+,20-,21-,25+/m1/s1. The van der Waals surface area contributed by atoms with Gasteiger partial charge in [0.15, 0.2) is 0 Å². The number of halogens is 1. The van der Waals surface area contributed by atoms with E-state index in [1.54, 1.807) is 11.8 Å². The summed E-state index contributed by atoms with van der Waals surface area (Å²) in [5, 5.41) is 12.0. The third-order valence-corrected chi connectivity index (χ3v) is 8.06. The lowest BCUT2D eigenvalue weighted by molar-refractivity contribution is -0.154. The monoisotopic (exact) mass is 536 g/mol. The summed E-state index contributed by atoms with van der Waals surface area (Å²) >= 11 is 3.64. The lowest BCUT2D eigenvalue weighted by Gasteiger charge is -2.34. The molecule has 2 amide bonds. The van der Waals surface area contributed by atoms with Crippen molar-refractivity contribution < 1.29 is 29.0 Å². The number of alkyl halides is 1. The molecule has 0 radical (unpaired) electrons. The van der Waals surface area contributed by atoms with Gasteiger partial charge in [-0.3, -0.25) is 14.4 Å². The maximum Gasteiger partial charge on any atom is 0.312 e. The van der Waals surface area contributed by atoms with E-state index in [4.69, 9.17) is 14.6 Å². The van der Waals surface area contributed by atoms with Crippen LogP contribution in [0.25, 0.3) is 0 Å². The number of carbonyl (C=O) groups is 3. The molecule has 9 heteroatoms. The first-order valence-corrected chi connectivity index (χ1v) is 13.1. The minimum Gasteiger partial charge on any atom is -0.466 e. The number of amides is 2. The first kappa shape index (κ1) is 25.1. The molecule has 1 aromatic rings. The van der Waals surface area contributed by atoms with Crippen LogP contribution in [0.4, 0.5) is 0 Å². The van der Waals surface area contributed by atoms with Crippen LogP contribution in [0.5, 0.6) is 0 Å². The number of esters is 1. The Bertz CT molecular complexity index is 899. The number of hydrogen-bond acceptors (Lipinski definition) is 6. The Hall–Kier alpha value is -1.97. The van der Waals surface area contributed by atoms with Gasteiger partial charge in [-0.1, -0.05) is 59.1 Å². The average molecular weight is 537 g/mol. The molecule has 8 nitrogen and oxygen atoms in total. The van der Waals surface area contributed by atoms with Crippen LogP contribution in [0.3, 0.4) is 0 Å². The van der Waals surface area contributed by atoms with Gasteiger partial charge in [-0.2, -0.15) is 0 Å². The van der Waals surface area contributed by atoms with Gasteiger partial charge in [-0.05, 0) is 31.7 Å². The van der Waals surface area contributed by atoms with E-state index in [9.17, 15) is 14.4 Å². The van der Waals surface area contributed by atoms with E-state index in [2.05, 4.69) is 21.2 Å². The summed E-state index contributed by atoms with van der Waals surface area (Å²) < 4.78 is 11.7. The maximum atomic E-state index is 13.7. The first-order chi connectivity index (χ1) is 16.4. The van der Waals surface area contributed by atoms with Gasteiger partial charge in [0.25, 0.3) is 0 Å². The molecule has 2 bridgehead atoms. The molecule has 3 saturated heterocycles. The summed E-state index contributed by atoms with van der Waals surface area (Å²) in [4.78, 5) is 41.7.